The third kappa shape index (κ3) is 5.97. The van der Waals surface area contributed by atoms with Crippen molar-refractivity contribution in [3.63, 3.8) is 0 Å². The molecular weight excluding hydrogens is 507 g/mol. The van der Waals surface area contributed by atoms with Crippen LogP contribution in [0.25, 0.3) is 11.3 Å². The van der Waals surface area contributed by atoms with Crippen molar-refractivity contribution in [3.8, 4) is 17.0 Å². The molecule has 0 unspecified atom stereocenters. The molecule has 4 rings (SSSR count). The Bertz CT molecular complexity index is 1490. The van der Waals surface area contributed by atoms with Crippen LogP contribution < -0.4 is 4.74 Å². The SMILES string of the molecule is COc1ccc(CN(C)S(=O)(=O)c2ccc(Cc3ccc(C(F)(F)F)nn3)c(-c3cn(C)cn3)c2)cc1. The molecule has 0 fully saturated rings. The number of aromatic nitrogens is 4. The number of rotatable bonds is 8. The van der Waals surface area contributed by atoms with E-state index in [0.29, 0.717) is 28.3 Å². The summed E-state index contributed by atoms with van der Waals surface area (Å²) in [5.41, 5.74) is 1.70. The van der Waals surface area contributed by atoms with E-state index >= 15 is 0 Å². The zero-order valence-corrected chi connectivity index (χ0v) is 21.1. The Morgan fingerprint density at radius 1 is 1.03 bits per heavy atom. The zero-order valence-electron chi connectivity index (χ0n) is 20.3. The second kappa shape index (κ2) is 10.3. The number of hydrogen-bond acceptors (Lipinski definition) is 6. The van der Waals surface area contributed by atoms with Gasteiger partial charge in [-0.2, -0.15) is 22.6 Å². The fraction of sp³-hybridized carbons (Fsp3) is 0.240. The Kier molecular flexibility index (Phi) is 7.32. The van der Waals surface area contributed by atoms with Crippen LogP contribution >= 0.6 is 0 Å². The third-order valence-electron chi connectivity index (χ3n) is 5.72. The summed E-state index contributed by atoms with van der Waals surface area (Å²) < 4.78 is 73.4. The molecule has 194 valence electrons. The van der Waals surface area contributed by atoms with E-state index in [9.17, 15) is 21.6 Å². The highest BCUT2D eigenvalue weighted by Crippen LogP contribution is 2.30. The molecule has 2 aromatic heterocycles. The van der Waals surface area contributed by atoms with Crippen LogP contribution in [-0.2, 0) is 36.2 Å². The summed E-state index contributed by atoms with van der Waals surface area (Å²) in [6.07, 6.45) is -1.14. The van der Waals surface area contributed by atoms with Crippen molar-refractivity contribution in [1.29, 1.82) is 0 Å². The highest BCUT2D eigenvalue weighted by atomic mass is 32.2. The van der Waals surface area contributed by atoms with E-state index in [0.717, 1.165) is 11.6 Å². The van der Waals surface area contributed by atoms with E-state index < -0.39 is 21.9 Å². The van der Waals surface area contributed by atoms with Crippen LogP contribution in [0.5, 0.6) is 5.75 Å². The molecule has 0 amide bonds. The monoisotopic (exact) mass is 531 g/mol. The maximum atomic E-state index is 13.4. The van der Waals surface area contributed by atoms with Crippen molar-refractivity contribution in [3.05, 3.63) is 89.6 Å². The standard InChI is InChI=1S/C25H24F3N5O3S/c1-32-15-23(29-16-32)22-13-21(37(34,35)33(2)14-17-4-8-20(36-3)9-5-17)10-6-18(22)12-19-7-11-24(31-30-19)25(26,27)28/h4-11,13,15-16H,12,14H2,1-3H3. The molecule has 12 heteroatoms. The molecule has 0 aliphatic rings. The third-order valence-corrected chi connectivity index (χ3v) is 7.52. The smallest absolute Gasteiger partial charge is 0.435 e. The molecular formula is C25H24F3N5O3S. The fourth-order valence-electron chi connectivity index (χ4n) is 3.71. The first-order valence-corrected chi connectivity index (χ1v) is 12.5. The Balaban J connectivity index is 1.66. The largest absolute Gasteiger partial charge is 0.497 e. The summed E-state index contributed by atoms with van der Waals surface area (Å²) in [6.45, 7) is 0.147. The molecule has 0 saturated carbocycles. The number of sulfonamides is 1. The number of methoxy groups -OCH3 is 1. The van der Waals surface area contributed by atoms with Gasteiger partial charge >= 0.3 is 6.18 Å². The first-order chi connectivity index (χ1) is 17.5. The number of benzene rings is 2. The Morgan fingerprint density at radius 3 is 2.32 bits per heavy atom. The van der Waals surface area contributed by atoms with Gasteiger partial charge in [0, 0.05) is 38.8 Å². The van der Waals surface area contributed by atoms with E-state index in [2.05, 4.69) is 15.2 Å². The van der Waals surface area contributed by atoms with Crippen molar-refractivity contribution in [2.45, 2.75) is 24.0 Å². The van der Waals surface area contributed by atoms with Gasteiger partial charge in [-0.15, -0.1) is 5.10 Å². The molecule has 0 aliphatic carbocycles. The zero-order chi connectivity index (χ0) is 26.8. The van der Waals surface area contributed by atoms with E-state index in [-0.39, 0.29) is 17.9 Å². The van der Waals surface area contributed by atoms with Gasteiger partial charge < -0.3 is 9.30 Å². The van der Waals surface area contributed by atoms with Crippen LogP contribution in [0.4, 0.5) is 13.2 Å². The average molecular weight is 532 g/mol. The Morgan fingerprint density at radius 2 is 1.76 bits per heavy atom. The second-order valence-corrected chi connectivity index (χ2v) is 10.5. The number of hydrogen-bond donors (Lipinski definition) is 0. The van der Waals surface area contributed by atoms with Crippen LogP contribution in [0.1, 0.15) is 22.5 Å². The van der Waals surface area contributed by atoms with Crippen molar-refractivity contribution >= 4 is 10.0 Å². The van der Waals surface area contributed by atoms with Crippen LogP contribution in [0, 0.1) is 0 Å². The molecule has 0 saturated heterocycles. The first-order valence-electron chi connectivity index (χ1n) is 11.1. The lowest BCUT2D eigenvalue weighted by Crippen LogP contribution is -2.26. The lowest BCUT2D eigenvalue weighted by molar-refractivity contribution is -0.141. The number of halogens is 3. The minimum atomic E-state index is -4.58. The van der Waals surface area contributed by atoms with Crippen molar-refractivity contribution in [1.82, 2.24) is 24.1 Å². The molecule has 0 aliphatic heterocycles. The van der Waals surface area contributed by atoms with Gasteiger partial charge in [0.15, 0.2) is 5.69 Å². The van der Waals surface area contributed by atoms with E-state index in [1.165, 1.54) is 29.6 Å². The molecule has 0 radical (unpaired) electrons. The normalized spacial score (nSPS) is 12.2. The average Bonchev–Trinajstić information content (AvgIpc) is 3.30. The molecule has 37 heavy (non-hydrogen) atoms. The maximum absolute atomic E-state index is 13.4. The van der Waals surface area contributed by atoms with Crippen LogP contribution in [0.2, 0.25) is 0 Å². The van der Waals surface area contributed by atoms with Gasteiger partial charge in [0.05, 0.1) is 29.7 Å². The molecule has 4 aromatic rings. The lowest BCUT2D eigenvalue weighted by atomic mass is 10.0. The van der Waals surface area contributed by atoms with Gasteiger partial charge in [-0.25, -0.2) is 13.4 Å². The lowest BCUT2D eigenvalue weighted by Gasteiger charge is -2.19. The summed E-state index contributed by atoms with van der Waals surface area (Å²) in [5.74, 6) is 0.669. The summed E-state index contributed by atoms with van der Waals surface area (Å²) in [7, 11) is 0.951. The van der Waals surface area contributed by atoms with Gasteiger partial charge in [-0.3, -0.25) is 0 Å². The van der Waals surface area contributed by atoms with E-state index in [1.54, 1.807) is 61.6 Å². The van der Waals surface area contributed by atoms with Crippen molar-refractivity contribution < 1.29 is 26.3 Å². The summed E-state index contributed by atoms with van der Waals surface area (Å²) in [5, 5.41) is 6.99. The molecule has 0 atom stereocenters. The van der Waals surface area contributed by atoms with Gasteiger partial charge in [-0.05, 0) is 47.5 Å². The number of aryl methyl sites for hydroxylation is 1. The summed E-state index contributed by atoms with van der Waals surface area (Å²) in [4.78, 5) is 4.41. The quantitative estimate of drug-likeness (QED) is 0.337. The number of alkyl halides is 3. The topological polar surface area (TPSA) is 90.2 Å². The van der Waals surface area contributed by atoms with E-state index in [4.69, 9.17) is 4.74 Å². The number of ether oxygens (including phenoxy) is 1. The predicted octanol–water partition coefficient (Wildman–Crippen LogP) is 4.32. The van der Waals surface area contributed by atoms with Gasteiger partial charge in [-0.1, -0.05) is 18.2 Å². The minimum absolute atomic E-state index is 0.0615. The summed E-state index contributed by atoms with van der Waals surface area (Å²) in [6, 6.07) is 13.8. The van der Waals surface area contributed by atoms with Gasteiger partial charge in [0.1, 0.15) is 5.75 Å². The van der Waals surface area contributed by atoms with Crippen molar-refractivity contribution in [2.24, 2.45) is 7.05 Å². The van der Waals surface area contributed by atoms with Crippen molar-refractivity contribution in [2.75, 3.05) is 14.2 Å². The first kappa shape index (κ1) is 26.3. The minimum Gasteiger partial charge on any atom is -0.497 e. The molecule has 0 N–H and O–H groups in total. The van der Waals surface area contributed by atoms with Crippen LogP contribution in [-0.4, -0.2) is 46.6 Å². The second-order valence-electron chi connectivity index (χ2n) is 8.44. The number of nitrogens with zero attached hydrogens (tertiary/aromatic N) is 5. The Hall–Kier alpha value is -3.77. The highest BCUT2D eigenvalue weighted by Gasteiger charge is 2.33. The number of imidazole rings is 1. The fourth-order valence-corrected chi connectivity index (χ4v) is 4.90. The van der Waals surface area contributed by atoms with Gasteiger partial charge in [0.25, 0.3) is 0 Å². The maximum Gasteiger partial charge on any atom is 0.435 e. The van der Waals surface area contributed by atoms with Crippen LogP contribution in [0.3, 0.4) is 0 Å². The Labute approximate surface area is 212 Å². The van der Waals surface area contributed by atoms with E-state index in [1.807, 2.05) is 0 Å². The van der Waals surface area contributed by atoms with Crippen LogP contribution in [0.15, 0.2) is 72.0 Å². The molecule has 2 aromatic carbocycles. The molecule has 8 nitrogen and oxygen atoms in total. The van der Waals surface area contributed by atoms with Gasteiger partial charge in [0.2, 0.25) is 10.0 Å². The molecule has 2 heterocycles. The highest BCUT2D eigenvalue weighted by molar-refractivity contribution is 7.89. The molecule has 0 spiro atoms. The molecule has 0 bridgehead atoms. The summed E-state index contributed by atoms with van der Waals surface area (Å²) >= 11 is 0. The predicted molar refractivity (Wildman–Crippen MR) is 130 cm³/mol.